The van der Waals surface area contributed by atoms with Crippen molar-refractivity contribution in [3.05, 3.63) is 46.0 Å². The highest BCUT2D eigenvalue weighted by Crippen LogP contribution is 2.25. The molecule has 0 aliphatic carbocycles. The second kappa shape index (κ2) is 6.67. The van der Waals surface area contributed by atoms with Crippen molar-refractivity contribution in [1.29, 1.82) is 0 Å². The minimum atomic E-state index is -0.00737. The zero-order chi connectivity index (χ0) is 15.5. The van der Waals surface area contributed by atoms with Crippen molar-refractivity contribution in [2.45, 2.75) is 58.4 Å². The highest BCUT2D eigenvalue weighted by atomic mass is 32.1. The van der Waals surface area contributed by atoms with E-state index in [2.05, 4.69) is 61.5 Å². The maximum atomic E-state index is 6.36. The van der Waals surface area contributed by atoms with Crippen LogP contribution in [-0.4, -0.2) is 9.59 Å². The Bertz CT molecular complexity index is 566. The predicted octanol–water partition coefficient (Wildman–Crippen LogP) is 4.03. The first-order chi connectivity index (χ1) is 9.91. The number of aromatic nitrogens is 2. The molecule has 0 spiro atoms. The average Bonchev–Trinajstić information content (AvgIpc) is 2.87. The fourth-order valence-corrected chi connectivity index (χ4v) is 3.09. The summed E-state index contributed by atoms with van der Waals surface area (Å²) in [7, 11) is 0. The number of aryl methyl sites for hydroxylation is 1. The Balaban J connectivity index is 2.09. The van der Waals surface area contributed by atoms with E-state index < -0.39 is 0 Å². The molecule has 114 valence electrons. The number of nitrogens with two attached hydrogens (primary N) is 1. The molecule has 4 heteroatoms. The van der Waals surface area contributed by atoms with Gasteiger partial charge >= 0.3 is 0 Å². The molecule has 0 bridgehead atoms. The molecule has 0 amide bonds. The first-order valence-electron chi connectivity index (χ1n) is 7.58. The summed E-state index contributed by atoms with van der Waals surface area (Å²) in [6, 6.07) is 8.79. The first-order valence-corrected chi connectivity index (χ1v) is 8.35. The summed E-state index contributed by atoms with van der Waals surface area (Å²) in [6.45, 7) is 8.84. The third-order valence-corrected chi connectivity index (χ3v) is 4.58. The van der Waals surface area contributed by atoms with Crippen LogP contribution in [0.3, 0.4) is 0 Å². The van der Waals surface area contributed by atoms with Gasteiger partial charge in [0.25, 0.3) is 0 Å². The van der Waals surface area contributed by atoms with Crippen molar-refractivity contribution in [2.75, 3.05) is 0 Å². The van der Waals surface area contributed by atoms with Gasteiger partial charge in [-0.1, -0.05) is 62.9 Å². The predicted molar refractivity (Wildman–Crippen MR) is 89.7 cm³/mol. The Morgan fingerprint density at radius 1 is 1.19 bits per heavy atom. The van der Waals surface area contributed by atoms with Crippen LogP contribution in [0.2, 0.25) is 0 Å². The van der Waals surface area contributed by atoms with Gasteiger partial charge in [0.15, 0.2) is 0 Å². The largest absolute Gasteiger partial charge is 0.323 e. The molecule has 0 fully saturated rings. The van der Waals surface area contributed by atoms with Gasteiger partial charge < -0.3 is 5.73 Å². The number of hydrogen-bond donors (Lipinski definition) is 1. The molecule has 2 rings (SSSR count). The van der Waals surface area contributed by atoms with Crippen molar-refractivity contribution in [3.63, 3.8) is 0 Å². The van der Waals surface area contributed by atoms with E-state index in [9.17, 15) is 0 Å². The van der Waals surface area contributed by atoms with Crippen molar-refractivity contribution in [1.82, 2.24) is 9.59 Å². The van der Waals surface area contributed by atoms with E-state index >= 15 is 0 Å². The third kappa shape index (κ3) is 4.11. The Kier molecular flexibility index (Phi) is 5.12. The Hall–Kier alpha value is -1.26. The molecule has 0 aliphatic rings. The molecule has 2 aromatic rings. The van der Waals surface area contributed by atoms with Crippen molar-refractivity contribution in [3.8, 4) is 0 Å². The van der Waals surface area contributed by atoms with E-state index in [1.165, 1.54) is 22.7 Å². The molecule has 1 aromatic carbocycles. The van der Waals surface area contributed by atoms with Crippen LogP contribution in [-0.2, 0) is 18.3 Å². The first kappa shape index (κ1) is 16.1. The van der Waals surface area contributed by atoms with Crippen molar-refractivity contribution < 1.29 is 0 Å². The minimum Gasteiger partial charge on any atom is -0.323 e. The van der Waals surface area contributed by atoms with Crippen LogP contribution >= 0.6 is 11.5 Å². The Morgan fingerprint density at radius 3 is 2.43 bits per heavy atom. The topological polar surface area (TPSA) is 51.8 Å². The second-order valence-corrected chi connectivity index (χ2v) is 7.38. The number of benzene rings is 1. The molecular formula is C17H25N3S. The van der Waals surface area contributed by atoms with Crippen molar-refractivity contribution in [2.24, 2.45) is 5.73 Å². The number of hydrogen-bond acceptors (Lipinski definition) is 4. The maximum Gasteiger partial charge on any atom is 0.0803 e. The highest BCUT2D eigenvalue weighted by Gasteiger charge is 2.17. The van der Waals surface area contributed by atoms with E-state index in [4.69, 9.17) is 5.73 Å². The molecule has 1 atom stereocenters. The van der Waals surface area contributed by atoms with Gasteiger partial charge in [0.1, 0.15) is 0 Å². The zero-order valence-electron chi connectivity index (χ0n) is 13.4. The highest BCUT2D eigenvalue weighted by molar-refractivity contribution is 7.05. The lowest BCUT2D eigenvalue weighted by Crippen LogP contribution is -2.14. The average molecular weight is 303 g/mol. The van der Waals surface area contributed by atoms with Crippen LogP contribution in [0.1, 0.15) is 61.9 Å². The molecule has 1 unspecified atom stereocenters. The molecule has 21 heavy (non-hydrogen) atoms. The fraction of sp³-hybridized carbons (Fsp3) is 0.529. The van der Waals surface area contributed by atoms with Gasteiger partial charge in [-0.2, -0.15) is 0 Å². The lowest BCUT2D eigenvalue weighted by molar-refractivity contribution is 0.589. The van der Waals surface area contributed by atoms with Crippen LogP contribution < -0.4 is 5.73 Å². The molecule has 2 N–H and O–H groups in total. The van der Waals surface area contributed by atoms with Gasteiger partial charge in [0, 0.05) is 6.04 Å². The lowest BCUT2D eigenvalue weighted by atomic mass is 9.86. The van der Waals surface area contributed by atoms with Crippen LogP contribution in [0.15, 0.2) is 24.3 Å². The standard InChI is InChI=1S/C17H25N3S/c1-5-6-15-16(21-20-19-15)14(18)11-12-7-9-13(10-8-12)17(2,3)4/h7-10,14H,5-6,11,18H2,1-4H3. The Labute approximate surface area is 131 Å². The summed E-state index contributed by atoms with van der Waals surface area (Å²) < 4.78 is 4.06. The summed E-state index contributed by atoms with van der Waals surface area (Å²) in [5.41, 5.74) is 10.2. The van der Waals surface area contributed by atoms with Crippen molar-refractivity contribution >= 4 is 11.5 Å². The smallest absolute Gasteiger partial charge is 0.0803 e. The van der Waals surface area contributed by atoms with E-state index in [1.807, 2.05) is 0 Å². The molecule has 0 aliphatic heterocycles. The summed E-state index contributed by atoms with van der Waals surface area (Å²) >= 11 is 1.44. The van der Waals surface area contributed by atoms with Crippen LogP contribution in [0.4, 0.5) is 0 Å². The van der Waals surface area contributed by atoms with Gasteiger partial charge in [-0.05, 0) is 40.9 Å². The number of nitrogens with zero attached hydrogens (tertiary/aromatic N) is 2. The van der Waals surface area contributed by atoms with E-state index in [1.54, 1.807) is 0 Å². The zero-order valence-corrected chi connectivity index (χ0v) is 14.2. The molecule has 3 nitrogen and oxygen atoms in total. The van der Waals surface area contributed by atoms with E-state index in [0.29, 0.717) is 0 Å². The van der Waals surface area contributed by atoms with Gasteiger partial charge in [0.2, 0.25) is 0 Å². The van der Waals surface area contributed by atoms with Crippen LogP contribution in [0.5, 0.6) is 0 Å². The molecular weight excluding hydrogens is 278 g/mol. The molecule has 0 saturated heterocycles. The van der Waals surface area contributed by atoms with Gasteiger partial charge in [-0.15, -0.1) is 5.10 Å². The SMILES string of the molecule is CCCc1nnsc1C(N)Cc1ccc(C(C)(C)C)cc1. The summed E-state index contributed by atoms with van der Waals surface area (Å²) in [6.07, 6.45) is 2.87. The Morgan fingerprint density at radius 2 is 1.86 bits per heavy atom. The molecule has 0 saturated carbocycles. The number of rotatable bonds is 5. The van der Waals surface area contributed by atoms with E-state index in [0.717, 1.165) is 29.8 Å². The second-order valence-electron chi connectivity index (χ2n) is 6.59. The summed E-state index contributed by atoms with van der Waals surface area (Å²) in [5.74, 6) is 0. The van der Waals surface area contributed by atoms with Gasteiger partial charge in [-0.25, -0.2) is 0 Å². The maximum absolute atomic E-state index is 6.36. The van der Waals surface area contributed by atoms with Crippen LogP contribution in [0, 0.1) is 0 Å². The molecule has 0 radical (unpaired) electrons. The monoisotopic (exact) mass is 303 g/mol. The summed E-state index contributed by atoms with van der Waals surface area (Å²) in [5, 5.41) is 4.20. The van der Waals surface area contributed by atoms with E-state index in [-0.39, 0.29) is 11.5 Å². The lowest BCUT2D eigenvalue weighted by Gasteiger charge is -2.19. The normalized spacial score (nSPS) is 13.4. The minimum absolute atomic E-state index is 0.00737. The van der Waals surface area contributed by atoms with Gasteiger partial charge in [-0.3, -0.25) is 0 Å². The molecule has 1 heterocycles. The summed E-state index contributed by atoms with van der Waals surface area (Å²) in [4.78, 5) is 1.14. The fourth-order valence-electron chi connectivity index (χ4n) is 2.39. The molecule has 1 aromatic heterocycles. The van der Waals surface area contributed by atoms with Gasteiger partial charge in [0.05, 0.1) is 10.6 Å². The van der Waals surface area contributed by atoms with Crippen LogP contribution in [0.25, 0.3) is 0 Å². The third-order valence-electron chi connectivity index (χ3n) is 3.68. The quantitative estimate of drug-likeness (QED) is 0.907.